The molecular formula is C30H34N4O4S2. The van der Waals surface area contributed by atoms with Crippen molar-refractivity contribution in [1.29, 1.82) is 5.26 Å². The van der Waals surface area contributed by atoms with Crippen molar-refractivity contribution < 1.29 is 14.3 Å². The number of amides is 1. The highest BCUT2D eigenvalue weighted by molar-refractivity contribution is 8.26. The van der Waals surface area contributed by atoms with E-state index in [4.69, 9.17) is 17.0 Å². The number of rotatable bonds is 9. The zero-order valence-corrected chi connectivity index (χ0v) is 24.8. The van der Waals surface area contributed by atoms with Crippen molar-refractivity contribution in [3.8, 4) is 6.07 Å². The second kappa shape index (κ2) is 13.3. The van der Waals surface area contributed by atoms with Crippen LogP contribution in [0.25, 0.3) is 6.08 Å². The fraction of sp³-hybridized carbons (Fsp3) is 0.433. The van der Waals surface area contributed by atoms with E-state index in [1.165, 1.54) is 11.8 Å². The van der Waals surface area contributed by atoms with Gasteiger partial charge in [0.1, 0.15) is 21.8 Å². The summed E-state index contributed by atoms with van der Waals surface area (Å²) in [6.07, 6.45) is 4.83. The average Bonchev–Trinajstić information content (AvgIpc) is 3.22. The third-order valence-corrected chi connectivity index (χ3v) is 8.63. The molecule has 8 nitrogen and oxygen atoms in total. The van der Waals surface area contributed by atoms with Crippen LogP contribution < -0.4 is 10.5 Å². The first kappa shape index (κ1) is 29.6. The number of carbonyl (C=O) groups excluding carboxylic acids is 2. The largest absolute Gasteiger partial charge is 0.466 e. The number of pyridine rings is 1. The van der Waals surface area contributed by atoms with E-state index in [0.29, 0.717) is 65.4 Å². The first-order chi connectivity index (χ1) is 19.3. The van der Waals surface area contributed by atoms with E-state index in [1.54, 1.807) is 29.4 Å². The topological polar surface area (TPSA) is 95.6 Å². The molecule has 0 bridgehead atoms. The van der Waals surface area contributed by atoms with Gasteiger partial charge in [0, 0.05) is 25.2 Å². The van der Waals surface area contributed by atoms with Crippen molar-refractivity contribution in [2.24, 2.45) is 5.92 Å². The lowest BCUT2D eigenvalue weighted by molar-refractivity contribution is -0.148. The number of nitriles is 1. The fourth-order valence-corrected chi connectivity index (χ4v) is 6.40. The average molecular weight is 579 g/mol. The van der Waals surface area contributed by atoms with E-state index < -0.39 is 0 Å². The summed E-state index contributed by atoms with van der Waals surface area (Å²) in [5.41, 5.74) is 1.83. The van der Waals surface area contributed by atoms with Crippen LogP contribution in [-0.4, -0.2) is 45.4 Å². The molecule has 0 aliphatic carbocycles. The Balaban J connectivity index is 1.82. The van der Waals surface area contributed by atoms with Gasteiger partial charge in [-0.15, -0.1) is 0 Å². The Morgan fingerprint density at radius 3 is 2.67 bits per heavy atom. The summed E-state index contributed by atoms with van der Waals surface area (Å²) >= 11 is 6.80. The summed E-state index contributed by atoms with van der Waals surface area (Å²) in [5, 5.41) is 9.95. The lowest BCUT2D eigenvalue weighted by atomic mass is 9.96. The Morgan fingerprint density at radius 1 is 1.25 bits per heavy atom. The molecule has 1 aromatic heterocycles. The molecule has 1 amide bonds. The number of esters is 1. The van der Waals surface area contributed by atoms with Crippen LogP contribution >= 0.6 is 24.0 Å². The lowest BCUT2D eigenvalue weighted by Crippen LogP contribution is -2.43. The van der Waals surface area contributed by atoms with Gasteiger partial charge >= 0.3 is 5.97 Å². The summed E-state index contributed by atoms with van der Waals surface area (Å²) in [6.45, 7) is 7.71. The zero-order chi connectivity index (χ0) is 28.8. The third-order valence-electron chi connectivity index (χ3n) is 7.26. The molecule has 3 heterocycles. The molecule has 2 aromatic rings. The molecule has 2 fully saturated rings. The van der Waals surface area contributed by atoms with E-state index in [9.17, 15) is 19.6 Å². The van der Waals surface area contributed by atoms with E-state index >= 15 is 0 Å². The van der Waals surface area contributed by atoms with Gasteiger partial charge in [-0.05, 0) is 50.3 Å². The summed E-state index contributed by atoms with van der Waals surface area (Å²) in [5.74, 6) is -0.144. The van der Waals surface area contributed by atoms with Crippen LogP contribution in [0, 0.1) is 24.2 Å². The molecule has 1 unspecified atom stereocenters. The van der Waals surface area contributed by atoms with Gasteiger partial charge < -0.3 is 9.64 Å². The summed E-state index contributed by atoms with van der Waals surface area (Å²) in [7, 11) is 0. The monoisotopic (exact) mass is 578 g/mol. The van der Waals surface area contributed by atoms with E-state index in [2.05, 4.69) is 6.07 Å². The van der Waals surface area contributed by atoms with E-state index in [0.717, 1.165) is 24.8 Å². The molecule has 0 spiro atoms. The van der Waals surface area contributed by atoms with Gasteiger partial charge in [-0.3, -0.25) is 23.9 Å². The quantitative estimate of drug-likeness (QED) is 0.233. The van der Waals surface area contributed by atoms with E-state index in [1.807, 2.05) is 42.2 Å². The number of ether oxygens (including phenoxy) is 1. The molecule has 0 radical (unpaired) electrons. The molecule has 10 heteroatoms. The van der Waals surface area contributed by atoms with Gasteiger partial charge in [0.15, 0.2) is 0 Å². The zero-order valence-electron chi connectivity index (χ0n) is 23.1. The summed E-state index contributed by atoms with van der Waals surface area (Å²) in [4.78, 5) is 43.8. The predicted octanol–water partition coefficient (Wildman–Crippen LogP) is 5.01. The molecule has 1 atom stereocenters. The lowest BCUT2D eigenvalue weighted by Gasteiger charge is -2.36. The number of unbranched alkanes of at least 4 members (excludes halogenated alkanes) is 1. The Bertz CT molecular complexity index is 1430. The number of anilines is 1. The van der Waals surface area contributed by atoms with E-state index in [-0.39, 0.29) is 28.9 Å². The smallest absolute Gasteiger partial charge is 0.310 e. The van der Waals surface area contributed by atoms with Crippen molar-refractivity contribution in [3.05, 3.63) is 67.8 Å². The molecule has 4 rings (SSSR count). The highest BCUT2D eigenvalue weighted by Gasteiger charge is 2.35. The predicted molar refractivity (Wildman–Crippen MR) is 162 cm³/mol. The van der Waals surface area contributed by atoms with Crippen LogP contribution in [0.2, 0.25) is 0 Å². The van der Waals surface area contributed by atoms with Crippen LogP contribution in [0.15, 0.2) is 40.0 Å². The van der Waals surface area contributed by atoms with Crippen molar-refractivity contribution in [2.45, 2.75) is 59.5 Å². The summed E-state index contributed by atoms with van der Waals surface area (Å²) in [6, 6.07) is 11.8. The third kappa shape index (κ3) is 6.16. The van der Waals surface area contributed by atoms with Crippen LogP contribution in [0.5, 0.6) is 0 Å². The Labute approximate surface area is 244 Å². The minimum atomic E-state index is -0.351. The van der Waals surface area contributed by atoms with Gasteiger partial charge in [-0.2, -0.15) is 5.26 Å². The maximum Gasteiger partial charge on any atom is 0.310 e. The Kier molecular flexibility index (Phi) is 9.82. The standard InChI is InChI=1S/C30H34N4O4S2/c1-4-6-15-33-26(32-14-10-13-22(19-32)29(37)38-5-2)23(20(3)24(17-31)27(33)35)16-25-28(36)34(30(39)40-25)18-21-11-8-7-9-12-21/h7-9,11-12,16,22H,4-6,10,13-15,18-19H2,1-3H3/b25-16+. The molecule has 2 aliphatic rings. The van der Waals surface area contributed by atoms with Crippen LogP contribution in [0.4, 0.5) is 5.82 Å². The fourth-order valence-electron chi connectivity index (χ4n) is 5.16. The molecule has 2 aliphatic heterocycles. The number of aromatic nitrogens is 1. The first-order valence-corrected chi connectivity index (χ1v) is 14.9. The molecule has 1 aromatic carbocycles. The number of carbonyl (C=O) groups is 2. The van der Waals surface area contributed by atoms with Gasteiger partial charge in [-0.1, -0.05) is 67.7 Å². The normalized spacial score (nSPS) is 18.4. The number of thiocarbonyl (C=S) groups is 1. The number of benzene rings is 1. The van der Waals surface area contributed by atoms with Crippen molar-refractivity contribution in [2.75, 3.05) is 24.6 Å². The first-order valence-electron chi connectivity index (χ1n) is 13.7. The maximum absolute atomic E-state index is 13.6. The minimum absolute atomic E-state index is 0.0600. The summed E-state index contributed by atoms with van der Waals surface area (Å²) < 4.78 is 7.42. The molecule has 210 valence electrons. The highest BCUT2D eigenvalue weighted by Crippen LogP contribution is 2.37. The second-order valence-corrected chi connectivity index (χ2v) is 11.6. The van der Waals surface area contributed by atoms with Gasteiger partial charge in [0.05, 0.1) is 24.0 Å². The number of thioether (sulfide) groups is 1. The molecule has 2 saturated heterocycles. The van der Waals surface area contributed by atoms with Gasteiger partial charge in [-0.25, -0.2) is 0 Å². The van der Waals surface area contributed by atoms with Crippen molar-refractivity contribution in [1.82, 2.24) is 9.47 Å². The Hall–Kier alpha value is -3.42. The minimum Gasteiger partial charge on any atom is -0.466 e. The number of hydrogen-bond acceptors (Lipinski definition) is 8. The number of hydrogen-bond donors (Lipinski definition) is 0. The number of nitrogens with zero attached hydrogens (tertiary/aromatic N) is 4. The van der Waals surface area contributed by atoms with Gasteiger partial charge in [0.25, 0.3) is 11.5 Å². The molecular weight excluding hydrogens is 544 g/mol. The molecule has 0 N–H and O–H groups in total. The van der Waals surface area contributed by atoms with Crippen LogP contribution in [0.3, 0.4) is 0 Å². The van der Waals surface area contributed by atoms with Gasteiger partial charge in [0.2, 0.25) is 0 Å². The molecule has 40 heavy (non-hydrogen) atoms. The molecule has 0 saturated carbocycles. The Morgan fingerprint density at radius 2 is 2.00 bits per heavy atom. The van der Waals surface area contributed by atoms with Crippen molar-refractivity contribution >= 4 is 52.1 Å². The van der Waals surface area contributed by atoms with Crippen molar-refractivity contribution in [3.63, 3.8) is 0 Å². The van der Waals surface area contributed by atoms with Crippen LogP contribution in [-0.2, 0) is 27.4 Å². The van der Waals surface area contributed by atoms with Crippen LogP contribution in [0.1, 0.15) is 61.8 Å². The number of piperidine rings is 1. The maximum atomic E-state index is 13.6. The highest BCUT2D eigenvalue weighted by atomic mass is 32.2. The second-order valence-electron chi connectivity index (χ2n) is 9.95. The SMILES string of the molecule is CCCCn1c(N2CCCC(C(=O)OCC)C2)c(/C=C2/SC(=S)N(Cc3ccccc3)C2=O)c(C)c(C#N)c1=O.